The Bertz CT molecular complexity index is 384. The lowest BCUT2D eigenvalue weighted by molar-refractivity contribution is 0.222. The highest BCUT2D eigenvalue weighted by molar-refractivity contribution is 5.32. The van der Waals surface area contributed by atoms with Crippen molar-refractivity contribution in [3.63, 3.8) is 0 Å². The van der Waals surface area contributed by atoms with Crippen molar-refractivity contribution < 1.29 is 9.84 Å². The van der Waals surface area contributed by atoms with E-state index in [4.69, 9.17) is 4.74 Å². The number of rotatable bonds is 4. The third-order valence-corrected chi connectivity index (χ3v) is 3.25. The van der Waals surface area contributed by atoms with Crippen LogP contribution in [-0.4, -0.2) is 34.8 Å². The summed E-state index contributed by atoms with van der Waals surface area (Å²) in [5.41, 5.74) is 0.873. The molecule has 1 heterocycles. The van der Waals surface area contributed by atoms with E-state index in [1.54, 1.807) is 13.2 Å². The topological polar surface area (TPSA) is 67.3 Å². The minimum Gasteiger partial charge on any atom is -0.481 e. The lowest BCUT2D eigenvalue weighted by Crippen LogP contribution is -2.27. The second-order valence-corrected chi connectivity index (χ2v) is 4.50. The Labute approximate surface area is 101 Å². The summed E-state index contributed by atoms with van der Waals surface area (Å²) in [5.74, 6) is 1.47. The predicted molar refractivity (Wildman–Crippen MR) is 65.2 cm³/mol. The maximum absolute atomic E-state index is 9.26. The molecule has 1 aromatic rings. The van der Waals surface area contributed by atoms with E-state index < -0.39 is 0 Å². The molecule has 2 rings (SSSR count). The van der Waals surface area contributed by atoms with Crippen LogP contribution in [0, 0.1) is 12.8 Å². The molecule has 0 saturated heterocycles. The van der Waals surface area contributed by atoms with Crippen molar-refractivity contribution in [2.45, 2.75) is 32.2 Å². The number of hydrogen-bond acceptors (Lipinski definition) is 5. The number of aliphatic hydroxyl groups excluding tert-OH is 1. The zero-order valence-corrected chi connectivity index (χ0v) is 10.3. The standard InChI is InChI=1S/C12H19N3O2/c1-8-6-11(17-2)15-12(13-8)14-10-5-3-4-9(10)7-16/h6,9-10,16H,3-5,7H2,1-2H3,(H,13,14,15). The number of aryl methyl sites for hydroxylation is 1. The number of nitrogens with one attached hydrogen (secondary N) is 1. The van der Waals surface area contributed by atoms with Gasteiger partial charge in [0, 0.05) is 30.3 Å². The molecule has 94 valence electrons. The third kappa shape index (κ3) is 2.85. The number of aromatic nitrogens is 2. The molecule has 5 nitrogen and oxygen atoms in total. The molecule has 0 bridgehead atoms. The molecule has 0 spiro atoms. The fourth-order valence-corrected chi connectivity index (χ4v) is 2.32. The summed E-state index contributed by atoms with van der Waals surface area (Å²) in [7, 11) is 1.59. The lowest BCUT2D eigenvalue weighted by Gasteiger charge is -2.19. The SMILES string of the molecule is COc1cc(C)nc(NC2CCCC2CO)n1. The Hall–Kier alpha value is -1.36. The maximum Gasteiger partial charge on any atom is 0.226 e. The van der Waals surface area contributed by atoms with Crippen LogP contribution in [0.1, 0.15) is 25.0 Å². The minimum absolute atomic E-state index is 0.223. The van der Waals surface area contributed by atoms with Gasteiger partial charge in [-0.1, -0.05) is 6.42 Å². The van der Waals surface area contributed by atoms with Crippen molar-refractivity contribution in [1.82, 2.24) is 9.97 Å². The normalized spacial score (nSPS) is 23.7. The van der Waals surface area contributed by atoms with Crippen molar-refractivity contribution in [1.29, 1.82) is 0 Å². The summed E-state index contributed by atoms with van der Waals surface area (Å²) in [6.07, 6.45) is 3.27. The van der Waals surface area contributed by atoms with E-state index in [1.165, 1.54) is 0 Å². The molecule has 0 radical (unpaired) electrons. The second kappa shape index (κ2) is 5.31. The van der Waals surface area contributed by atoms with Crippen LogP contribution < -0.4 is 10.1 Å². The van der Waals surface area contributed by atoms with Gasteiger partial charge in [-0.15, -0.1) is 0 Å². The number of anilines is 1. The van der Waals surface area contributed by atoms with E-state index in [1.807, 2.05) is 6.92 Å². The summed E-state index contributed by atoms with van der Waals surface area (Å²) in [6.45, 7) is 2.13. The van der Waals surface area contributed by atoms with Crippen LogP contribution in [-0.2, 0) is 0 Å². The Kier molecular flexibility index (Phi) is 3.78. The molecule has 1 aliphatic rings. The van der Waals surface area contributed by atoms with Crippen LogP contribution in [0.25, 0.3) is 0 Å². The zero-order chi connectivity index (χ0) is 12.3. The molecular formula is C12H19N3O2. The Morgan fingerprint density at radius 2 is 2.29 bits per heavy atom. The Balaban J connectivity index is 2.09. The molecule has 1 saturated carbocycles. The van der Waals surface area contributed by atoms with Gasteiger partial charge in [0.1, 0.15) is 0 Å². The van der Waals surface area contributed by atoms with E-state index in [0.717, 1.165) is 25.0 Å². The summed E-state index contributed by atoms with van der Waals surface area (Å²) in [5, 5.41) is 12.6. The molecular weight excluding hydrogens is 218 g/mol. The van der Waals surface area contributed by atoms with Crippen LogP contribution in [0.5, 0.6) is 5.88 Å². The first-order valence-electron chi connectivity index (χ1n) is 6.00. The summed E-state index contributed by atoms with van der Waals surface area (Å²) >= 11 is 0. The highest BCUT2D eigenvalue weighted by Gasteiger charge is 2.27. The van der Waals surface area contributed by atoms with Gasteiger partial charge in [-0.2, -0.15) is 4.98 Å². The number of aliphatic hydroxyl groups is 1. The van der Waals surface area contributed by atoms with Crippen LogP contribution in [0.3, 0.4) is 0 Å². The molecule has 5 heteroatoms. The summed E-state index contributed by atoms with van der Waals surface area (Å²) < 4.78 is 5.11. The molecule has 1 aliphatic carbocycles. The molecule has 1 aromatic heterocycles. The van der Waals surface area contributed by atoms with E-state index in [2.05, 4.69) is 15.3 Å². The van der Waals surface area contributed by atoms with Gasteiger partial charge in [0.2, 0.25) is 11.8 Å². The zero-order valence-electron chi connectivity index (χ0n) is 10.3. The molecule has 0 aromatic carbocycles. The van der Waals surface area contributed by atoms with Gasteiger partial charge >= 0.3 is 0 Å². The van der Waals surface area contributed by atoms with E-state index >= 15 is 0 Å². The first kappa shape index (κ1) is 12.1. The van der Waals surface area contributed by atoms with Crippen molar-refractivity contribution in [3.8, 4) is 5.88 Å². The first-order chi connectivity index (χ1) is 8.22. The van der Waals surface area contributed by atoms with E-state index in [9.17, 15) is 5.11 Å². The van der Waals surface area contributed by atoms with Gasteiger partial charge < -0.3 is 15.2 Å². The Morgan fingerprint density at radius 1 is 1.47 bits per heavy atom. The molecule has 1 fully saturated rings. The average molecular weight is 237 g/mol. The van der Waals surface area contributed by atoms with Gasteiger partial charge in [-0.25, -0.2) is 4.98 Å². The summed E-state index contributed by atoms with van der Waals surface area (Å²) in [6, 6.07) is 2.06. The highest BCUT2D eigenvalue weighted by Crippen LogP contribution is 2.27. The predicted octanol–water partition coefficient (Wildman–Crippen LogP) is 1.37. The molecule has 0 amide bonds. The van der Waals surface area contributed by atoms with Crippen molar-refractivity contribution in [3.05, 3.63) is 11.8 Å². The smallest absolute Gasteiger partial charge is 0.226 e. The van der Waals surface area contributed by atoms with Crippen molar-refractivity contribution >= 4 is 5.95 Å². The molecule has 0 aliphatic heterocycles. The van der Waals surface area contributed by atoms with Crippen LogP contribution in [0.15, 0.2) is 6.07 Å². The van der Waals surface area contributed by atoms with Gasteiger partial charge in [-0.3, -0.25) is 0 Å². The first-order valence-corrected chi connectivity index (χ1v) is 6.00. The maximum atomic E-state index is 9.26. The van der Waals surface area contributed by atoms with Crippen LogP contribution >= 0.6 is 0 Å². The third-order valence-electron chi connectivity index (χ3n) is 3.25. The number of hydrogen-bond donors (Lipinski definition) is 2. The van der Waals surface area contributed by atoms with Crippen LogP contribution in [0.4, 0.5) is 5.95 Å². The highest BCUT2D eigenvalue weighted by atomic mass is 16.5. The minimum atomic E-state index is 0.223. The van der Waals surface area contributed by atoms with E-state index in [0.29, 0.717) is 17.7 Å². The van der Waals surface area contributed by atoms with Gasteiger partial charge in [-0.05, 0) is 19.8 Å². The van der Waals surface area contributed by atoms with Gasteiger partial charge in [0.25, 0.3) is 0 Å². The monoisotopic (exact) mass is 237 g/mol. The van der Waals surface area contributed by atoms with Crippen LogP contribution in [0.2, 0.25) is 0 Å². The fourth-order valence-electron chi connectivity index (χ4n) is 2.32. The largest absolute Gasteiger partial charge is 0.481 e. The van der Waals surface area contributed by atoms with Crippen molar-refractivity contribution in [2.75, 3.05) is 19.0 Å². The molecule has 2 N–H and O–H groups in total. The molecule has 2 unspecified atom stereocenters. The lowest BCUT2D eigenvalue weighted by atomic mass is 10.1. The van der Waals surface area contributed by atoms with Gasteiger partial charge in [0.05, 0.1) is 7.11 Å². The number of ether oxygens (including phenoxy) is 1. The van der Waals surface area contributed by atoms with Crippen molar-refractivity contribution in [2.24, 2.45) is 5.92 Å². The average Bonchev–Trinajstić information content (AvgIpc) is 2.75. The van der Waals surface area contributed by atoms with Gasteiger partial charge in [0.15, 0.2) is 0 Å². The second-order valence-electron chi connectivity index (χ2n) is 4.50. The fraction of sp³-hybridized carbons (Fsp3) is 0.667. The summed E-state index contributed by atoms with van der Waals surface area (Å²) in [4.78, 5) is 8.59. The number of nitrogens with zero attached hydrogens (tertiary/aromatic N) is 2. The quantitative estimate of drug-likeness (QED) is 0.827. The Morgan fingerprint density at radius 3 is 3.00 bits per heavy atom. The molecule has 2 atom stereocenters. The molecule has 17 heavy (non-hydrogen) atoms. The number of methoxy groups -OCH3 is 1. The van der Waals surface area contributed by atoms with E-state index in [-0.39, 0.29) is 12.6 Å².